The third-order valence-electron chi connectivity index (χ3n) is 3.11. The molecule has 1 saturated carbocycles. The number of carboxylic acids is 1. The van der Waals surface area contributed by atoms with Gasteiger partial charge in [-0.15, -0.1) is 0 Å². The van der Waals surface area contributed by atoms with Gasteiger partial charge in [0.25, 0.3) is 0 Å². The van der Waals surface area contributed by atoms with Crippen molar-refractivity contribution in [2.75, 3.05) is 12.9 Å². The van der Waals surface area contributed by atoms with E-state index in [0.29, 0.717) is 5.25 Å². The van der Waals surface area contributed by atoms with Gasteiger partial charge in [-0.2, -0.15) is 11.8 Å². The van der Waals surface area contributed by atoms with Gasteiger partial charge in [-0.3, -0.25) is 0 Å². The zero-order valence-electron chi connectivity index (χ0n) is 10.4. The van der Waals surface area contributed by atoms with Gasteiger partial charge in [0.1, 0.15) is 0 Å². The predicted molar refractivity (Wildman–Crippen MR) is 69.7 cm³/mol. The van der Waals surface area contributed by atoms with Crippen LogP contribution in [0.25, 0.3) is 0 Å². The standard InChI is InChI=1S/C11H20N2O4S/c1-18-9-5-3-2-4-7(9)12-11(17)13-8(6-14)10(15)16/h7-9,14H,2-6H2,1H3,(H,15,16)(H2,12,13,17). The van der Waals surface area contributed by atoms with E-state index in [1.807, 2.05) is 6.26 Å². The van der Waals surface area contributed by atoms with Gasteiger partial charge in [-0.05, 0) is 19.1 Å². The van der Waals surface area contributed by atoms with Gasteiger partial charge in [0, 0.05) is 11.3 Å². The fraction of sp³-hybridized carbons (Fsp3) is 0.818. The van der Waals surface area contributed by atoms with Crippen molar-refractivity contribution in [2.24, 2.45) is 0 Å². The molecule has 2 amide bonds. The Bertz CT molecular complexity index is 301. The van der Waals surface area contributed by atoms with Crippen LogP contribution in [-0.4, -0.2) is 52.4 Å². The quantitative estimate of drug-likeness (QED) is 0.583. The van der Waals surface area contributed by atoms with Crippen molar-refractivity contribution in [2.45, 2.75) is 43.0 Å². The molecule has 7 heteroatoms. The fourth-order valence-electron chi connectivity index (χ4n) is 2.10. The molecule has 104 valence electrons. The van der Waals surface area contributed by atoms with E-state index in [0.717, 1.165) is 19.3 Å². The summed E-state index contributed by atoms with van der Waals surface area (Å²) in [5.74, 6) is -1.24. The summed E-state index contributed by atoms with van der Waals surface area (Å²) in [6.07, 6.45) is 6.23. The molecule has 0 bridgehead atoms. The van der Waals surface area contributed by atoms with Crippen molar-refractivity contribution in [3.63, 3.8) is 0 Å². The molecule has 3 atom stereocenters. The fourth-order valence-corrected chi connectivity index (χ4v) is 3.03. The number of rotatable bonds is 5. The summed E-state index contributed by atoms with van der Waals surface area (Å²) in [6.45, 7) is -0.612. The largest absolute Gasteiger partial charge is 0.480 e. The van der Waals surface area contributed by atoms with Crippen LogP contribution in [0, 0.1) is 0 Å². The molecule has 1 aliphatic rings. The SMILES string of the molecule is CSC1CCCCC1NC(=O)NC(CO)C(=O)O. The van der Waals surface area contributed by atoms with E-state index < -0.39 is 24.6 Å². The molecule has 0 heterocycles. The molecular formula is C11H20N2O4S. The summed E-state index contributed by atoms with van der Waals surface area (Å²) in [6, 6.07) is -1.70. The van der Waals surface area contributed by atoms with E-state index in [-0.39, 0.29) is 6.04 Å². The third-order valence-corrected chi connectivity index (χ3v) is 4.28. The second-order valence-electron chi connectivity index (χ2n) is 4.36. The number of aliphatic hydroxyl groups excluding tert-OH is 1. The Morgan fingerprint density at radius 3 is 2.61 bits per heavy atom. The van der Waals surface area contributed by atoms with Crippen molar-refractivity contribution in [1.29, 1.82) is 0 Å². The monoisotopic (exact) mass is 276 g/mol. The molecule has 4 N–H and O–H groups in total. The zero-order valence-corrected chi connectivity index (χ0v) is 11.2. The minimum absolute atomic E-state index is 0.0712. The maximum absolute atomic E-state index is 11.6. The summed E-state index contributed by atoms with van der Waals surface area (Å²) in [5, 5.41) is 23.0. The van der Waals surface area contributed by atoms with Crippen LogP contribution in [-0.2, 0) is 4.79 Å². The Balaban J connectivity index is 2.45. The number of nitrogens with one attached hydrogen (secondary N) is 2. The van der Waals surface area contributed by atoms with Gasteiger partial charge in [-0.25, -0.2) is 9.59 Å². The van der Waals surface area contributed by atoms with Gasteiger partial charge < -0.3 is 20.8 Å². The molecular weight excluding hydrogens is 256 g/mol. The average molecular weight is 276 g/mol. The van der Waals surface area contributed by atoms with E-state index in [9.17, 15) is 9.59 Å². The first kappa shape index (κ1) is 15.1. The Morgan fingerprint density at radius 1 is 1.39 bits per heavy atom. The summed E-state index contributed by atoms with van der Waals surface area (Å²) in [4.78, 5) is 22.3. The van der Waals surface area contributed by atoms with E-state index in [2.05, 4.69) is 10.6 Å². The van der Waals surface area contributed by atoms with E-state index in [1.54, 1.807) is 11.8 Å². The normalized spacial score (nSPS) is 25.2. The van der Waals surface area contributed by atoms with Gasteiger partial charge in [0.15, 0.2) is 6.04 Å². The van der Waals surface area contributed by atoms with Crippen LogP contribution in [0.2, 0.25) is 0 Å². The summed E-state index contributed by atoms with van der Waals surface area (Å²) >= 11 is 1.72. The maximum Gasteiger partial charge on any atom is 0.328 e. The first-order valence-corrected chi connectivity index (χ1v) is 7.30. The number of aliphatic hydroxyl groups is 1. The molecule has 1 aliphatic carbocycles. The second-order valence-corrected chi connectivity index (χ2v) is 5.43. The molecule has 0 aromatic heterocycles. The lowest BCUT2D eigenvalue weighted by Crippen LogP contribution is -2.53. The van der Waals surface area contributed by atoms with Crippen LogP contribution in [0.3, 0.4) is 0 Å². The number of amides is 2. The minimum Gasteiger partial charge on any atom is -0.480 e. The maximum atomic E-state index is 11.6. The number of urea groups is 1. The van der Waals surface area contributed by atoms with E-state index in [4.69, 9.17) is 10.2 Å². The Morgan fingerprint density at radius 2 is 2.06 bits per heavy atom. The number of hydrogen-bond acceptors (Lipinski definition) is 4. The van der Waals surface area contributed by atoms with E-state index in [1.165, 1.54) is 6.42 Å². The molecule has 0 spiro atoms. The van der Waals surface area contributed by atoms with Crippen LogP contribution in [0.5, 0.6) is 0 Å². The highest BCUT2D eigenvalue weighted by Gasteiger charge is 2.27. The summed E-state index contributed by atoms with van der Waals surface area (Å²) < 4.78 is 0. The lowest BCUT2D eigenvalue weighted by Gasteiger charge is -2.31. The highest BCUT2D eigenvalue weighted by Crippen LogP contribution is 2.26. The van der Waals surface area contributed by atoms with Crippen LogP contribution in [0.4, 0.5) is 4.79 Å². The Hall–Kier alpha value is -0.950. The number of aliphatic carboxylic acids is 1. The molecule has 0 aliphatic heterocycles. The van der Waals surface area contributed by atoms with Gasteiger partial charge >= 0.3 is 12.0 Å². The molecule has 0 aromatic rings. The highest BCUT2D eigenvalue weighted by molar-refractivity contribution is 7.99. The molecule has 0 radical (unpaired) electrons. The lowest BCUT2D eigenvalue weighted by molar-refractivity contribution is -0.140. The highest BCUT2D eigenvalue weighted by atomic mass is 32.2. The van der Waals surface area contributed by atoms with Crippen LogP contribution >= 0.6 is 11.8 Å². The predicted octanol–water partition coefficient (Wildman–Crippen LogP) is 0.405. The summed E-state index contributed by atoms with van der Waals surface area (Å²) in [7, 11) is 0. The average Bonchev–Trinajstić information content (AvgIpc) is 2.36. The number of carboxylic acid groups (broad SMARTS) is 1. The topological polar surface area (TPSA) is 98.7 Å². The number of carbonyl (C=O) groups is 2. The second kappa shape index (κ2) is 7.48. The van der Waals surface area contributed by atoms with Crippen molar-refractivity contribution in [1.82, 2.24) is 10.6 Å². The van der Waals surface area contributed by atoms with E-state index >= 15 is 0 Å². The molecule has 6 nitrogen and oxygen atoms in total. The van der Waals surface area contributed by atoms with Crippen LogP contribution in [0.15, 0.2) is 0 Å². The molecule has 0 aromatic carbocycles. The van der Waals surface area contributed by atoms with Crippen LogP contribution in [0.1, 0.15) is 25.7 Å². The molecule has 1 rings (SSSR count). The molecule has 0 saturated heterocycles. The smallest absolute Gasteiger partial charge is 0.328 e. The van der Waals surface area contributed by atoms with Crippen molar-refractivity contribution < 1.29 is 19.8 Å². The summed E-state index contributed by atoms with van der Waals surface area (Å²) in [5.41, 5.74) is 0. The Labute approximate surface area is 111 Å². The number of carbonyl (C=O) groups excluding carboxylic acids is 1. The minimum atomic E-state index is -1.25. The molecule has 1 fully saturated rings. The zero-order chi connectivity index (χ0) is 13.5. The molecule has 3 unspecified atom stereocenters. The Kier molecular flexibility index (Phi) is 6.28. The molecule has 18 heavy (non-hydrogen) atoms. The van der Waals surface area contributed by atoms with Gasteiger partial charge in [0.05, 0.1) is 6.61 Å². The van der Waals surface area contributed by atoms with Crippen LogP contribution < -0.4 is 10.6 Å². The van der Waals surface area contributed by atoms with Gasteiger partial charge in [-0.1, -0.05) is 12.8 Å². The third kappa shape index (κ3) is 4.38. The van der Waals surface area contributed by atoms with Crippen molar-refractivity contribution >= 4 is 23.8 Å². The lowest BCUT2D eigenvalue weighted by atomic mass is 9.95. The van der Waals surface area contributed by atoms with Crippen molar-refractivity contribution in [3.05, 3.63) is 0 Å². The first-order valence-electron chi connectivity index (χ1n) is 6.02. The first-order chi connectivity index (χ1) is 8.58. The van der Waals surface area contributed by atoms with Crippen molar-refractivity contribution in [3.8, 4) is 0 Å². The number of hydrogen-bond donors (Lipinski definition) is 4. The van der Waals surface area contributed by atoms with Gasteiger partial charge in [0.2, 0.25) is 0 Å². The number of thioether (sulfide) groups is 1.